The van der Waals surface area contributed by atoms with E-state index in [9.17, 15) is 4.79 Å². The molecule has 0 radical (unpaired) electrons. The Bertz CT molecular complexity index is 472. The van der Waals surface area contributed by atoms with Gasteiger partial charge in [0.2, 0.25) is 0 Å². The Labute approximate surface area is 143 Å². The van der Waals surface area contributed by atoms with Crippen LogP contribution in [0.25, 0.3) is 0 Å². The molecule has 3 heteroatoms. The van der Waals surface area contributed by atoms with Gasteiger partial charge >= 0.3 is 5.97 Å². The van der Waals surface area contributed by atoms with Crippen molar-refractivity contribution in [2.45, 2.75) is 71.8 Å². The standard InChI is InChI=1S/C19H29BrO2/c1-12(9-15-10-13(2)18(21)22-15)16-6-7-17-14(11-20)5-4-8-19(16,17)3/h11-13,15-17H,4-10H2,1-3H3/t12-,13+,15+,16-,17?,19-/m1/s1. The number of halogens is 1. The molecular weight excluding hydrogens is 340 g/mol. The van der Waals surface area contributed by atoms with Crippen molar-refractivity contribution in [3.8, 4) is 0 Å². The molecule has 2 saturated carbocycles. The van der Waals surface area contributed by atoms with Crippen LogP contribution in [0.2, 0.25) is 0 Å². The van der Waals surface area contributed by atoms with E-state index in [1.165, 1.54) is 32.1 Å². The summed E-state index contributed by atoms with van der Waals surface area (Å²) in [6.07, 6.45) is 8.76. The van der Waals surface area contributed by atoms with E-state index in [2.05, 4.69) is 34.8 Å². The first-order valence-corrected chi connectivity index (χ1v) is 9.87. The summed E-state index contributed by atoms with van der Waals surface area (Å²) in [6, 6.07) is 0. The smallest absolute Gasteiger partial charge is 0.309 e. The van der Waals surface area contributed by atoms with Gasteiger partial charge < -0.3 is 4.74 Å². The number of hydrogen-bond donors (Lipinski definition) is 0. The minimum Gasteiger partial charge on any atom is -0.462 e. The largest absolute Gasteiger partial charge is 0.462 e. The first kappa shape index (κ1) is 16.5. The third-order valence-corrected chi connectivity index (χ3v) is 7.39. The third-order valence-electron chi connectivity index (χ3n) is 6.80. The Morgan fingerprint density at radius 2 is 2.23 bits per heavy atom. The fourth-order valence-electron chi connectivity index (χ4n) is 5.69. The fraction of sp³-hybridized carbons (Fsp3) is 0.842. The van der Waals surface area contributed by atoms with Crippen molar-refractivity contribution in [1.29, 1.82) is 0 Å². The average molecular weight is 369 g/mol. The number of esters is 1. The molecule has 0 N–H and O–H groups in total. The molecular formula is C19H29BrO2. The molecule has 0 aromatic rings. The Balaban J connectivity index is 1.68. The lowest BCUT2D eigenvalue weighted by molar-refractivity contribution is -0.144. The Hall–Kier alpha value is -0.310. The monoisotopic (exact) mass is 368 g/mol. The summed E-state index contributed by atoms with van der Waals surface area (Å²) in [5.41, 5.74) is 2.08. The first-order chi connectivity index (χ1) is 10.5. The SMILES string of the molecule is C[C@H](C[C@H]1C[C@H](C)C(=O)O1)[C@H]1CCC2C(=CBr)CCC[C@@]21C. The van der Waals surface area contributed by atoms with Crippen LogP contribution in [0, 0.1) is 29.1 Å². The summed E-state index contributed by atoms with van der Waals surface area (Å²) < 4.78 is 5.56. The van der Waals surface area contributed by atoms with E-state index in [-0.39, 0.29) is 18.0 Å². The van der Waals surface area contributed by atoms with Gasteiger partial charge in [-0.1, -0.05) is 42.3 Å². The Kier molecular flexibility index (Phi) is 4.74. The number of ether oxygens (including phenoxy) is 1. The van der Waals surface area contributed by atoms with Gasteiger partial charge in [0.1, 0.15) is 6.10 Å². The van der Waals surface area contributed by atoms with Gasteiger partial charge in [-0.3, -0.25) is 4.79 Å². The van der Waals surface area contributed by atoms with E-state index in [0.29, 0.717) is 11.3 Å². The first-order valence-electron chi connectivity index (χ1n) is 8.95. The van der Waals surface area contributed by atoms with Crippen molar-refractivity contribution in [3.05, 3.63) is 10.6 Å². The van der Waals surface area contributed by atoms with Crippen LogP contribution in [0.15, 0.2) is 10.6 Å². The highest BCUT2D eigenvalue weighted by atomic mass is 79.9. The Morgan fingerprint density at radius 3 is 2.86 bits per heavy atom. The molecule has 1 unspecified atom stereocenters. The van der Waals surface area contributed by atoms with Gasteiger partial charge in [0.15, 0.2) is 0 Å². The minimum atomic E-state index is 0.00915. The molecule has 1 aliphatic heterocycles. The summed E-state index contributed by atoms with van der Waals surface area (Å²) >= 11 is 3.59. The topological polar surface area (TPSA) is 26.3 Å². The van der Waals surface area contributed by atoms with Crippen molar-refractivity contribution >= 4 is 21.9 Å². The maximum Gasteiger partial charge on any atom is 0.309 e. The summed E-state index contributed by atoms with van der Waals surface area (Å²) in [7, 11) is 0. The molecule has 0 aromatic heterocycles. The molecule has 3 rings (SSSR count). The van der Waals surface area contributed by atoms with E-state index in [0.717, 1.165) is 24.7 Å². The van der Waals surface area contributed by atoms with E-state index in [1.54, 1.807) is 5.57 Å². The third kappa shape index (κ3) is 2.79. The summed E-state index contributed by atoms with van der Waals surface area (Å²) in [5.74, 6) is 2.29. The number of carbonyl (C=O) groups excluding carboxylic acids is 1. The molecule has 22 heavy (non-hydrogen) atoms. The van der Waals surface area contributed by atoms with Gasteiger partial charge in [-0.25, -0.2) is 0 Å². The molecule has 3 aliphatic rings. The van der Waals surface area contributed by atoms with Crippen LogP contribution < -0.4 is 0 Å². The molecule has 0 amide bonds. The summed E-state index contributed by atoms with van der Waals surface area (Å²) in [6.45, 7) is 6.90. The van der Waals surface area contributed by atoms with Crippen molar-refractivity contribution in [1.82, 2.24) is 0 Å². The van der Waals surface area contributed by atoms with E-state index >= 15 is 0 Å². The lowest BCUT2D eigenvalue weighted by atomic mass is 9.61. The summed E-state index contributed by atoms with van der Waals surface area (Å²) in [5, 5.41) is 0. The van der Waals surface area contributed by atoms with Gasteiger partial charge in [0.25, 0.3) is 0 Å². The van der Waals surface area contributed by atoms with Gasteiger partial charge in [-0.15, -0.1) is 0 Å². The van der Waals surface area contributed by atoms with Crippen LogP contribution in [0.5, 0.6) is 0 Å². The maximum atomic E-state index is 11.6. The second-order valence-electron chi connectivity index (χ2n) is 8.19. The molecule has 2 nitrogen and oxygen atoms in total. The van der Waals surface area contributed by atoms with Gasteiger partial charge in [-0.05, 0) is 73.1 Å². The number of hydrogen-bond acceptors (Lipinski definition) is 2. The zero-order valence-corrected chi connectivity index (χ0v) is 15.7. The molecule has 3 fully saturated rings. The number of fused-ring (bicyclic) bond motifs is 1. The molecule has 0 bridgehead atoms. The molecule has 0 spiro atoms. The lowest BCUT2D eigenvalue weighted by Crippen LogP contribution is -2.36. The van der Waals surface area contributed by atoms with E-state index < -0.39 is 0 Å². The quantitative estimate of drug-likeness (QED) is 0.618. The van der Waals surface area contributed by atoms with Crippen molar-refractivity contribution in [3.63, 3.8) is 0 Å². The van der Waals surface area contributed by atoms with Crippen LogP contribution in [0.4, 0.5) is 0 Å². The predicted molar refractivity (Wildman–Crippen MR) is 92.6 cm³/mol. The van der Waals surface area contributed by atoms with Crippen molar-refractivity contribution in [2.24, 2.45) is 29.1 Å². The molecule has 1 saturated heterocycles. The molecule has 1 heterocycles. The fourth-order valence-corrected chi connectivity index (χ4v) is 6.24. The van der Waals surface area contributed by atoms with Crippen LogP contribution in [0.3, 0.4) is 0 Å². The van der Waals surface area contributed by atoms with Crippen LogP contribution in [-0.2, 0) is 9.53 Å². The average Bonchev–Trinajstić information content (AvgIpc) is 2.98. The molecule has 2 aliphatic carbocycles. The number of rotatable bonds is 3. The minimum absolute atomic E-state index is 0.00915. The van der Waals surface area contributed by atoms with Gasteiger partial charge in [0, 0.05) is 0 Å². The Morgan fingerprint density at radius 1 is 1.45 bits per heavy atom. The van der Waals surface area contributed by atoms with E-state index in [1.807, 2.05) is 6.92 Å². The second kappa shape index (κ2) is 6.30. The van der Waals surface area contributed by atoms with Crippen molar-refractivity contribution in [2.75, 3.05) is 0 Å². The number of cyclic esters (lactones) is 1. The predicted octanol–water partition coefficient (Wildman–Crippen LogP) is 5.46. The van der Waals surface area contributed by atoms with Crippen LogP contribution in [-0.4, -0.2) is 12.1 Å². The van der Waals surface area contributed by atoms with Crippen LogP contribution in [0.1, 0.15) is 65.7 Å². The highest BCUT2D eigenvalue weighted by Crippen LogP contribution is 2.60. The van der Waals surface area contributed by atoms with Crippen LogP contribution >= 0.6 is 15.9 Å². The number of carbonyl (C=O) groups is 1. The van der Waals surface area contributed by atoms with Gasteiger partial charge in [-0.2, -0.15) is 0 Å². The second-order valence-corrected chi connectivity index (χ2v) is 8.65. The summed E-state index contributed by atoms with van der Waals surface area (Å²) in [4.78, 5) is 13.8. The zero-order valence-electron chi connectivity index (χ0n) is 14.1. The maximum absolute atomic E-state index is 11.6. The molecule has 0 aromatic carbocycles. The van der Waals surface area contributed by atoms with E-state index in [4.69, 9.17) is 4.74 Å². The highest BCUT2D eigenvalue weighted by Gasteiger charge is 2.51. The highest BCUT2D eigenvalue weighted by molar-refractivity contribution is 9.11. The van der Waals surface area contributed by atoms with Crippen molar-refractivity contribution < 1.29 is 9.53 Å². The van der Waals surface area contributed by atoms with Gasteiger partial charge in [0.05, 0.1) is 5.92 Å². The number of allylic oxidation sites excluding steroid dienone is 1. The normalized spacial score (nSPS) is 44.9. The zero-order chi connectivity index (χ0) is 15.9. The molecule has 124 valence electrons. The lowest BCUT2D eigenvalue weighted by Gasteiger charge is -2.44. The molecule has 6 atom stereocenters.